The lowest BCUT2D eigenvalue weighted by molar-refractivity contribution is 0.0738. The fourth-order valence-corrected chi connectivity index (χ4v) is 4.82. The number of benzene rings is 1. The van der Waals surface area contributed by atoms with Gasteiger partial charge < -0.3 is 9.26 Å². The Hall–Kier alpha value is -2.69. The number of hydrogen-bond acceptors (Lipinski definition) is 6. The standard InChI is InChI=1S/C17H18F2N4O4S/c1-26-12-7-11(9-23-6-2-5-20-23)8-13-14(12)15(21-27-13)22-28(24,25)10-17(3-4-17)16(18)19/h2,5-8,16H,3-4,9-10H2,1H3,(H,21,22). The molecule has 3 aromatic rings. The molecule has 150 valence electrons. The van der Waals surface area contributed by atoms with Gasteiger partial charge in [0.25, 0.3) is 0 Å². The summed E-state index contributed by atoms with van der Waals surface area (Å²) in [5.74, 6) is -0.387. The predicted octanol–water partition coefficient (Wildman–Crippen LogP) is 2.87. The van der Waals surface area contributed by atoms with Gasteiger partial charge >= 0.3 is 0 Å². The average molecular weight is 412 g/mol. The molecule has 1 aliphatic carbocycles. The first-order valence-corrected chi connectivity index (χ1v) is 10.2. The zero-order valence-corrected chi connectivity index (χ0v) is 15.7. The van der Waals surface area contributed by atoms with Crippen LogP contribution in [0.1, 0.15) is 18.4 Å². The second kappa shape index (κ2) is 6.73. The number of sulfonamides is 1. The van der Waals surface area contributed by atoms with E-state index in [4.69, 9.17) is 9.26 Å². The van der Waals surface area contributed by atoms with Gasteiger partial charge in [0.1, 0.15) is 11.1 Å². The maximum Gasteiger partial charge on any atom is 0.245 e. The van der Waals surface area contributed by atoms with E-state index in [0.717, 1.165) is 5.56 Å². The van der Waals surface area contributed by atoms with Gasteiger partial charge in [-0.1, -0.05) is 5.16 Å². The van der Waals surface area contributed by atoms with Crippen molar-refractivity contribution in [3.63, 3.8) is 0 Å². The van der Waals surface area contributed by atoms with Crippen molar-refractivity contribution in [2.75, 3.05) is 17.6 Å². The lowest BCUT2D eigenvalue weighted by Gasteiger charge is -2.14. The topological polar surface area (TPSA) is 99.2 Å². The molecule has 0 amide bonds. The maximum absolute atomic E-state index is 13.1. The highest BCUT2D eigenvalue weighted by Gasteiger charge is 2.54. The highest BCUT2D eigenvalue weighted by atomic mass is 32.2. The Morgan fingerprint density at radius 3 is 2.79 bits per heavy atom. The number of nitrogens with zero attached hydrogens (tertiary/aromatic N) is 3. The minimum Gasteiger partial charge on any atom is -0.496 e. The highest BCUT2D eigenvalue weighted by Crippen LogP contribution is 2.51. The van der Waals surface area contributed by atoms with Crippen LogP contribution >= 0.6 is 0 Å². The Morgan fingerprint density at radius 2 is 2.18 bits per heavy atom. The summed E-state index contributed by atoms with van der Waals surface area (Å²) >= 11 is 0. The number of nitrogens with one attached hydrogen (secondary N) is 1. The molecular weight excluding hydrogens is 394 g/mol. The number of fused-ring (bicyclic) bond motifs is 1. The van der Waals surface area contributed by atoms with Gasteiger partial charge in [0.05, 0.1) is 19.4 Å². The lowest BCUT2D eigenvalue weighted by Crippen LogP contribution is -2.28. The number of aromatic nitrogens is 3. The van der Waals surface area contributed by atoms with E-state index in [1.165, 1.54) is 7.11 Å². The van der Waals surface area contributed by atoms with Crippen LogP contribution in [0.25, 0.3) is 11.0 Å². The molecule has 0 radical (unpaired) electrons. The summed E-state index contributed by atoms with van der Waals surface area (Å²) in [6, 6.07) is 5.22. The zero-order valence-electron chi connectivity index (χ0n) is 14.9. The molecule has 2 aromatic heterocycles. The van der Waals surface area contributed by atoms with Gasteiger partial charge in [0.15, 0.2) is 11.4 Å². The van der Waals surface area contributed by atoms with E-state index < -0.39 is 27.6 Å². The molecule has 8 nitrogen and oxygen atoms in total. The molecule has 0 aliphatic heterocycles. The number of anilines is 1. The molecule has 1 fully saturated rings. The van der Waals surface area contributed by atoms with Crippen LogP contribution in [-0.2, 0) is 16.6 Å². The first kappa shape index (κ1) is 18.7. The molecule has 2 heterocycles. The monoisotopic (exact) mass is 412 g/mol. The van der Waals surface area contributed by atoms with Gasteiger partial charge in [0.2, 0.25) is 16.4 Å². The summed E-state index contributed by atoms with van der Waals surface area (Å²) in [4.78, 5) is 0. The Bertz CT molecular complexity index is 1090. The molecule has 0 bridgehead atoms. The summed E-state index contributed by atoms with van der Waals surface area (Å²) in [7, 11) is -2.60. The van der Waals surface area contributed by atoms with Gasteiger partial charge in [-0.2, -0.15) is 5.10 Å². The third-order valence-electron chi connectivity index (χ3n) is 4.81. The van der Waals surface area contributed by atoms with Crippen molar-refractivity contribution in [1.82, 2.24) is 14.9 Å². The van der Waals surface area contributed by atoms with Crippen molar-refractivity contribution in [3.05, 3.63) is 36.2 Å². The molecule has 1 saturated carbocycles. The fourth-order valence-electron chi connectivity index (χ4n) is 3.14. The third kappa shape index (κ3) is 3.53. The Kier molecular flexibility index (Phi) is 4.48. The summed E-state index contributed by atoms with van der Waals surface area (Å²) in [5, 5.41) is 8.23. The van der Waals surface area contributed by atoms with Crippen molar-refractivity contribution in [2.45, 2.75) is 25.8 Å². The fraction of sp³-hybridized carbons (Fsp3) is 0.412. The number of alkyl halides is 2. The van der Waals surface area contributed by atoms with Crippen molar-refractivity contribution in [3.8, 4) is 5.75 Å². The van der Waals surface area contributed by atoms with Gasteiger partial charge in [-0.25, -0.2) is 17.2 Å². The number of ether oxygens (including phenoxy) is 1. The molecule has 1 aliphatic rings. The molecule has 0 saturated heterocycles. The van der Waals surface area contributed by atoms with Crippen molar-refractivity contribution in [2.24, 2.45) is 5.41 Å². The largest absolute Gasteiger partial charge is 0.496 e. The first-order valence-electron chi connectivity index (χ1n) is 8.54. The minimum absolute atomic E-state index is 0.0810. The number of rotatable bonds is 8. The quantitative estimate of drug-likeness (QED) is 0.611. The van der Waals surface area contributed by atoms with Crippen LogP contribution in [0, 0.1) is 5.41 Å². The van der Waals surface area contributed by atoms with Crippen LogP contribution in [0.3, 0.4) is 0 Å². The Balaban J connectivity index is 1.63. The normalized spacial score (nSPS) is 15.9. The van der Waals surface area contributed by atoms with E-state index in [-0.39, 0.29) is 18.7 Å². The maximum atomic E-state index is 13.1. The van der Waals surface area contributed by atoms with Crippen molar-refractivity contribution in [1.29, 1.82) is 0 Å². The second-order valence-electron chi connectivity index (χ2n) is 6.93. The van der Waals surface area contributed by atoms with E-state index in [1.807, 2.05) is 0 Å². The predicted molar refractivity (Wildman–Crippen MR) is 97.0 cm³/mol. The van der Waals surface area contributed by atoms with E-state index in [9.17, 15) is 17.2 Å². The van der Waals surface area contributed by atoms with Gasteiger partial charge in [0, 0.05) is 17.8 Å². The minimum atomic E-state index is -4.03. The molecule has 11 heteroatoms. The summed E-state index contributed by atoms with van der Waals surface area (Å²) in [6.07, 6.45) is 1.14. The summed E-state index contributed by atoms with van der Waals surface area (Å²) in [6.45, 7) is 0.456. The number of halogens is 2. The highest BCUT2D eigenvalue weighted by molar-refractivity contribution is 7.92. The molecule has 28 heavy (non-hydrogen) atoms. The second-order valence-corrected chi connectivity index (χ2v) is 8.65. The van der Waals surface area contributed by atoms with Crippen LogP contribution < -0.4 is 9.46 Å². The van der Waals surface area contributed by atoms with Crippen LogP contribution in [0.2, 0.25) is 0 Å². The average Bonchev–Trinajstić information content (AvgIpc) is 3.04. The summed E-state index contributed by atoms with van der Waals surface area (Å²) in [5.41, 5.74) is -0.339. The smallest absolute Gasteiger partial charge is 0.245 e. The number of hydrogen-bond donors (Lipinski definition) is 1. The van der Waals surface area contributed by atoms with E-state index in [0.29, 0.717) is 23.3 Å². The van der Waals surface area contributed by atoms with Crippen LogP contribution in [-0.4, -0.2) is 42.6 Å². The molecule has 1 N–H and O–H groups in total. The van der Waals surface area contributed by atoms with Crippen LogP contribution in [0.5, 0.6) is 5.75 Å². The van der Waals surface area contributed by atoms with E-state index >= 15 is 0 Å². The van der Waals surface area contributed by atoms with Crippen LogP contribution in [0.4, 0.5) is 14.6 Å². The van der Waals surface area contributed by atoms with Gasteiger partial charge in [-0.05, 0) is 36.6 Å². The van der Waals surface area contributed by atoms with Gasteiger partial charge in [-0.15, -0.1) is 0 Å². The molecule has 0 unspecified atom stereocenters. The third-order valence-corrected chi connectivity index (χ3v) is 6.27. The Morgan fingerprint density at radius 1 is 1.39 bits per heavy atom. The lowest BCUT2D eigenvalue weighted by atomic mass is 10.1. The number of methoxy groups -OCH3 is 1. The summed E-state index contributed by atoms with van der Waals surface area (Å²) < 4.78 is 65.6. The van der Waals surface area contributed by atoms with Crippen molar-refractivity contribution < 1.29 is 26.5 Å². The van der Waals surface area contributed by atoms with E-state index in [1.54, 1.807) is 35.3 Å². The molecule has 4 rings (SSSR count). The molecule has 0 atom stereocenters. The van der Waals surface area contributed by atoms with Crippen molar-refractivity contribution >= 4 is 26.8 Å². The molecule has 0 spiro atoms. The SMILES string of the molecule is COc1cc(Cn2cccn2)cc2onc(NS(=O)(=O)CC3(C(F)F)CC3)c12. The van der Waals surface area contributed by atoms with Gasteiger partial charge in [-0.3, -0.25) is 9.40 Å². The molecular formula is C17H18F2N4O4S. The molecule has 1 aromatic carbocycles. The van der Waals surface area contributed by atoms with Crippen LogP contribution in [0.15, 0.2) is 35.1 Å². The zero-order chi connectivity index (χ0) is 19.9. The Labute approximate surface area is 159 Å². The first-order chi connectivity index (χ1) is 13.3. The van der Waals surface area contributed by atoms with E-state index in [2.05, 4.69) is 15.0 Å².